The number of allylic oxidation sites excluding steroid dienone is 1. The highest BCUT2D eigenvalue weighted by Crippen LogP contribution is 2.53. The number of Topliss-reactive ketones (excluding diaryl/α,β-unsaturated/α-hetero) is 2. The number of nitrogens with zero attached hydrogens (tertiary/aromatic N) is 3. The highest BCUT2D eigenvalue weighted by Gasteiger charge is 2.63. The molecule has 11 heteroatoms. The number of likely N-dealkylation sites (tertiary alicyclic amines) is 1. The second-order valence-electron chi connectivity index (χ2n) is 12.6. The Labute approximate surface area is 239 Å². The average Bonchev–Trinajstić information content (AvgIpc) is 2.88. The number of carbonyl (C=O) groups is 3. The molecule has 0 spiro atoms. The van der Waals surface area contributed by atoms with Crippen molar-refractivity contribution in [3.8, 4) is 5.75 Å². The predicted molar refractivity (Wildman–Crippen MR) is 152 cm³/mol. The van der Waals surface area contributed by atoms with Crippen LogP contribution in [0.2, 0.25) is 0 Å². The van der Waals surface area contributed by atoms with Gasteiger partial charge >= 0.3 is 0 Å². The summed E-state index contributed by atoms with van der Waals surface area (Å²) in [7, 11) is 6.95. The summed E-state index contributed by atoms with van der Waals surface area (Å²) in [5.41, 5.74) is 3.85. The maximum atomic E-state index is 14.2. The van der Waals surface area contributed by atoms with Gasteiger partial charge in [0.1, 0.15) is 22.8 Å². The number of carbonyl (C=O) groups excluding carboxylic acids is 3. The molecule has 0 aromatic heterocycles. The van der Waals surface area contributed by atoms with Crippen molar-refractivity contribution in [2.24, 2.45) is 23.5 Å². The van der Waals surface area contributed by atoms with Gasteiger partial charge in [0, 0.05) is 43.4 Å². The van der Waals surface area contributed by atoms with Crippen molar-refractivity contribution in [1.29, 1.82) is 0 Å². The number of aromatic hydroxyl groups is 1. The second-order valence-corrected chi connectivity index (χ2v) is 12.6. The molecule has 11 nitrogen and oxygen atoms in total. The summed E-state index contributed by atoms with van der Waals surface area (Å²) in [5.74, 6) is -5.75. The summed E-state index contributed by atoms with van der Waals surface area (Å²) >= 11 is 0. The van der Waals surface area contributed by atoms with E-state index in [9.17, 15) is 34.8 Å². The molecular weight excluding hydrogens is 528 g/mol. The van der Waals surface area contributed by atoms with Gasteiger partial charge in [-0.25, -0.2) is 0 Å². The fraction of sp³-hybridized carbons (Fsp3) is 0.567. The first-order valence-electron chi connectivity index (χ1n) is 14.1. The highest BCUT2D eigenvalue weighted by molar-refractivity contribution is 6.24. The van der Waals surface area contributed by atoms with Crippen LogP contribution >= 0.6 is 0 Å². The van der Waals surface area contributed by atoms with Crippen LogP contribution in [0.5, 0.6) is 5.75 Å². The van der Waals surface area contributed by atoms with Crippen LogP contribution in [0.25, 0.3) is 0 Å². The van der Waals surface area contributed by atoms with Gasteiger partial charge in [0.15, 0.2) is 11.4 Å². The minimum Gasteiger partial charge on any atom is -0.510 e. The molecule has 0 radical (unpaired) electrons. The number of phenolic OH excluding ortho intramolecular Hbond substituents is 1. The third-order valence-electron chi connectivity index (χ3n) is 9.53. The number of aliphatic hydroxyl groups excluding tert-OH is 2. The van der Waals surface area contributed by atoms with E-state index >= 15 is 0 Å². The average molecular weight is 569 g/mol. The second kappa shape index (κ2) is 10.1. The van der Waals surface area contributed by atoms with Crippen molar-refractivity contribution in [1.82, 2.24) is 9.80 Å². The first-order chi connectivity index (χ1) is 19.2. The monoisotopic (exact) mass is 568 g/mol. The number of ketones is 2. The molecule has 0 saturated carbocycles. The molecule has 0 unspecified atom stereocenters. The molecule has 222 valence electrons. The van der Waals surface area contributed by atoms with Crippen molar-refractivity contribution in [3.63, 3.8) is 0 Å². The third-order valence-corrected chi connectivity index (χ3v) is 9.53. The summed E-state index contributed by atoms with van der Waals surface area (Å²) in [6.07, 6.45) is 2.42. The number of hydrogen-bond acceptors (Lipinski definition) is 10. The Balaban J connectivity index is 1.65. The lowest BCUT2D eigenvalue weighted by Crippen LogP contribution is -2.63. The van der Waals surface area contributed by atoms with E-state index < -0.39 is 58.0 Å². The maximum absolute atomic E-state index is 14.2. The first-order valence-corrected chi connectivity index (χ1v) is 14.1. The molecule has 1 aliphatic heterocycles. The Morgan fingerprint density at radius 2 is 1.76 bits per heavy atom. The SMILES string of the molecule is CC1CCN(Cc2cc(N(C)C)c3c(c2O)C(=O)C2=C(O)[C@]4(O)C(=O)C(C(N)=O)=C(O)[C@@H](N(C)C)[C@@H]4C[C@@H]2C3)CC1. The number of aliphatic hydroxyl groups is 3. The van der Waals surface area contributed by atoms with E-state index in [1.165, 1.54) is 0 Å². The van der Waals surface area contributed by atoms with E-state index in [1.807, 2.05) is 25.1 Å². The zero-order valence-electron chi connectivity index (χ0n) is 24.3. The van der Waals surface area contributed by atoms with Crippen LogP contribution in [-0.2, 0) is 22.6 Å². The summed E-state index contributed by atoms with van der Waals surface area (Å²) in [6, 6.07) is 0.893. The summed E-state index contributed by atoms with van der Waals surface area (Å²) in [5, 5.41) is 45.8. The van der Waals surface area contributed by atoms with E-state index in [0.29, 0.717) is 23.6 Å². The van der Waals surface area contributed by atoms with Crippen LogP contribution in [0.15, 0.2) is 28.7 Å². The number of amides is 1. The number of fused-ring (bicyclic) bond motifs is 3. The van der Waals surface area contributed by atoms with Crippen molar-refractivity contribution in [2.45, 2.75) is 50.8 Å². The van der Waals surface area contributed by atoms with Gasteiger partial charge in [0.25, 0.3) is 5.91 Å². The normalized spacial score (nSPS) is 29.0. The van der Waals surface area contributed by atoms with Crippen LogP contribution in [0.3, 0.4) is 0 Å². The number of benzene rings is 1. The van der Waals surface area contributed by atoms with Gasteiger partial charge in [0.2, 0.25) is 5.78 Å². The third kappa shape index (κ3) is 4.33. The van der Waals surface area contributed by atoms with Gasteiger partial charge < -0.3 is 31.1 Å². The number of nitrogens with two attached hydrogens (primary N) is 1. The number of rotatable bonds is 5. The van der Waals surface area contributed by atoms with Crippen molar-refractivity contribution < 1.29 is 34.8 Å². The van der Waals surface area contributed by atoms with Crippen molar-refractivity contribution in [3.05, 3.63) is 45.4 Å². The lowest BCUT2D eigenvalue weighted by atomic mass is 9.58. The zero-order valence-corrected chi connectivity index (χ0v) is 24.3. The van der Waals surface area contributed by atoms with E-state index in [2.05, 4.69) is 11.8 Å². The number of likely N-dealkylation sites (N-methyl/N-ethyl adjacent to an activating group) is 1. The lowest BCUT2D eigenvalue weighted by Gasteiger charge is -2.50. The molecule has 5 rings (SSSR count). The van der Waals surface area contributed by atoms with Gasteiger partial charge in [-0.05, 0) is 76.3 Å². The number of hydrogen-bond donors (Lipinski definition) is 5. The number of primary amides is 1. The van der Waals surface area contributed by atoms with Crippen LogP contribution in [-0.4, -0.2) is 101 Å². The molecule has 0 bridgehead atoms. The maximum Gasteiger partial charge on any atom is 0.255 e. The highest BCUT2D eigenvalue weighted by atomic mass is 16.3. The van der Waals surface area contributed by atoms with Gasteiger partial charge in [-0.3, -0.25) is 24.2 Å². The lowest BCUT2D eigenvalue weighted by molar-refractivity contribution is -0.148. The molecule has 1 aromatic rings. The summed E-state index contributed by atoms with van der Waals surface area (Å²) < 4.78 is 0. The molecule has 1 heterocycles. The number of piperidine rings is 1. The first kappa shape index (κ1) is 29.1. The van der Waals surface area contributed by atoms with Crippen LogP contribution < -0.4 is 10.6 Å². The number of phenols is 1. The smallest absolute Gasteiger partial charge is 0.255 e. The van der Waals surface area contributed by atoms with E-state index in [-0.39, 0.29) is 29.7 Å². The fourth-order valence-electron chi connectivity index (χ4n) is 7.33. The minimum absolute atomic E-state index is 0.0531. The largest absolute Gasteiger partial charge is 0.510 e. The Morgan fingerprint density at radius 1 is 1.12 bits per heavy atom. The summed E-state index contributed by atoms with van der Waals surface area (Å²) in [4.78, 5) is 45.5. The quantitative estimate of drug-likeness (QED) is 0.328. The topological polar surface area (TPSA) is 168 Å². The van der Waals surface area contributed by atoms with Crippen molar-refractivity contribution >= 4 is 23.2 Å². The van der Waals surface area contributed by atoms with E-state index in [1.54, 1.807) is 19.0 Å². The standard InChI is InChI=1S/C30H40N4O7/c1-14-6-8-34(9-7-14)13-16-12-19(32(2)3)17-10-15-11-18-23(33(4)5)26(37)22(29(31)40)28(39)30(18,41)27(38)20(15)25(36)21(17)24(16)35/h12,14-15,18,23,35,37-38,41H,6-11,13H2,1-5H3,(H2,31,40)/t15-,18-,23-,30-/m0/s1. The zero-order chi connectivity index (χ0) is 30.1. The Bertz CT molecular complexity index is 1390. The summed E-state index contributed by atoms with van der Waals surface area (Å²) in [6.45, 7) is 4.43. The van der Waals surface area contributed by atoms with E-state index in [4.69, 9.17) is 5.73 Å². The van der Waals surface area contributed by atoms with Crippen LogP contribution in [0.1, 0.15) is 47.7 Å². The molecule has 1 saturated heterocycles. The number of anilines is 1. The molecule has 3 aliphatic carbocycles. The van der Waals surface area contributed by atoms with Crippen LogP contribution in [0.4, 0.5) is 5.69 Å². The van der Waals surface area contributed by atoms with Crippen molar-refractivity contribution in [2.75, 3.05) is 46.2 Å². The van der Waals surface area contributed by atoms with E-state index in [0.717, 1.165) is 31.6 Å². The molecule has 4 aliphatic rings. The van der Waals surface area contributed by atoms with Crippen LogP contribution in [0, 0.1) is 17.8 Å². The van der Waals surface area contributed by atoms with Gasteiger partial charge in [-0.1, -0.05) is 6.92 Å². The van der Waals surface area contributed by atoms with Gasteiger partial charge in [-0.15, -0.1) is 0 Å². The predicted octanol–water partition coefficient (Wildman–Crippen LogP) is 1.42. The molecule has 1 fully saturated rings. The van der Waals surface area contributed by atoms with Gasteiger partial charge in [-0.2, -0.15) is 0 Å². The Kier molecular flexibility index (Phi) is 7.20. The molecule has 6 N–H and O–H groups in total. The molecule has 1 amide bonds. The molecule has 4 atom stereocenters. The Hall–Kier alpha value is -3.41. The molecule has 1 aromatic carbocycles. The molecular formula is C30H40N4O7. The minimum atomic E-state index is -2.65. The Morgan fingerprint density at radius 3 is 2.32 bits per heavy atom. The fourth-order valence-corrected chi connectivity index (χ4v) is 7.33. The van der Waals surface area contributed by atoms with Gasteiger partial charge in [0.05, 0.1) is 11.6 Å². The molecule has 41 heavy (non-hydrogen) atoms.